The molecular weight excluding hydrogens is 256 g/mol. The second-order valence-electron chi connectivity index (χ2n) is 3.99. The van der Waals surface area contributed by atoms with Gasteiger partial charge in [0.2, 0.25) is 0 Å². The molecule has 0 aliphatic heterocycles. The summed E-state index contributed by atoms with van der Waals surface area (Å²) >= 11 is 0. The number of allylic oxidation sites excluding steroid dienone is 1. The molecule has 0 radical (unpaired) electrons. The third-order valence-electron chi connectivity index (χ3n) is 2.40. The van der Waals surface area contributed by atoms with E-state index in [1.165, 1.54) is 11.6 Å². The first kappa shape index (κ1) is 17.6. The van der Waals surface area contributed by atoms with E-state index in [0.717, 1.165) is 12.8 Å². The van der Waals surface area contributed by atoms with Crippen LogP contribution in [0.5, 0.6) is 0 Å². The topological polar surface area (TPSA) is 74.6 Å². The standard InChI is InChI=1S/C8H12O4.C8H8/c1-2-3-4-5-6(7(9)10)8(11)12;1-2-8-6-4-3-5-7-8/h5H,2-4H2,1H3,(H,9,10)(H,11,12);2-7H,1H2. The Morgan fingerprint density at radius 2 is 1.70 bits per heavy atom. The fourth-order valence-electron chi connectivity index (χ4n) is 1.31. The molecule has 0 spiro atoms. The number of hydrogen-bond acceptors (Lipinski definition) is 2. The van der Waals surface area contributed by atoms with Gasteiger partial charge in [0.15, 0.2) is 0 Å². The molecule has 1 aromatic carbocycles. The van der Waals surface area contributed by atoms with Crippen LogP contribution in [0, 0.1) is 0 Å². The molecule has 0 aromatic heterocycles. The van der Waals surface area contributed by atoms with Crippen LogP contribution in [0.15, 0.2) is 48.6 Å². The van der Waals surface area contributed by atoms with Gasteiger partial charge in [-0.2, -0.15) is 0 Å². The Balaban J connectivity index is 0.000000388. The van der Waals surface area contributed by atoms with Gasteiger partial charge in [-0.05, 0) is 12.0 Å². The Bertz CT molecular complexity index is 445. The molecule has 0 unspecified atom stereocenters. The van der Waals surface area contributed by atoms with Gasteiger partial charge in [-0.1, -0.05) is 68.8 Å². The molecule has 1 aromatic rings. The van der Waals surface area contributed by atoms with Crippen molar-refractivity contribution >= 4 is 18.0 Å². The van der Waals surface area contributed by atoms with Gasteiger partial charge < -0.3 is 10.2 Å². The summed E-state index contributed by atoms with van der Waals surface area (Å²) < 4.78 is 0. The monoisotopic (exact) mass is 276 g/mol. The Labute approximate surface area is 119 Å². The van der Waals surface area contributed by atoms with E-state index in [4.69, 9.17) is 10.2 Å². The van der Waals surface area contributed by atoms with Crippen molar-refractivity contribution in [2.45, 2.75) is 26.2 Å². The number of unbranched alkanes of at least 4 members (excludes halogenated alkanes) is 2. The molecule has 0 aliphatic carbocycles. The van der Waals surface area contributed by atoms with E-state index < -0.39 is 17.5 Å². The molecule has 0 aliphatic rings. The Morgan fingerprint density at radius 3 is 2.05 bits per heavy atom. The summed E-state index contributed by atoms with van der Waals surface area (Å²) in [7, 11) is 0. The first-order chi connectivity index (χ1) is 9.52. The molecule has 0 saturated carbocycles. The quantitative estimate of drug-likeness (QED) is 0.360. The third kappa shape index (κ3) is 7.87. The largest absolute Gasteiger partial charge is 0.477 e. The summed E-state index contributed by atoms with van der Waals surface area (Å²) in [5.74, 6) is -2.75. The molecule has 20 heavy (non-hydrogen) atoms. The molecule has 0 heterocycles. The van der Waals surface area contributed by atoms with Gasteiger partial charge in [-0.3, -0.25) is 0 Å². The first-order valence-electron chi connectivity index (χ1n) is 6.37. The second kappa shape index (κ2) is 10.6. The lowest BCUT2D eigenvalue weighted by atomic mass is 10.2. The van der Waals surface area contributed by atoms with Crippen LogP contribution in [0.2, 0.25) is 0 Å². The van der Waals surface area contributed by atoms with E-state index in [2.05, 4.69) is 6.58 Å². The highest BCUT2D eigenvalue weighted by atomic mass is 16.4. The maximum atomic E-state index is 10.3. The number of benzene rings is 1. The number of carboxylic acids is 2. The van der Waals surface area contributed by atoms with E-state index >= 15 is 0 Å². The van der Waals surface area contributed by atoms with Crippen molar-refractivity contribution in [3.05, 3.63) is 54.1 Å². The molecule has 0 saturated heterocycles. The summed E-state index contributed by atoms with van der Waals surface area (Å²) in [6.07, 6.45) is 5.31. The molecule has 0 atom stereocenters. The summed E-state index contributed by atoms with van der Waals surface area (Å²) in [5, 5.41) is 16.8. The van der Waals surface area contributed by atoms with Crippen molar-refractivity contribution in [3.8, 4) is 0 Å². The molecule has 4 heteroatoms. The maximum absolute atomic E-state index is 10.3. The average molecular weight is 276 g/mol. The molecule has 4 nitrogen and oxygen atoms in total. The zero-order chi connectivity index (χ0) is 15.4. The van der Waals surface area contributed by atoms with Crippen molar-refractivity contribution in [3.63, 3.8) is 0 Å². The third-order valence-corrected chi connectivity index (χ3v) is 2.40. The number of carboxylic acid groups (broad SMARTS) is 2. The number of hydrogen-bond donors (Lipinski definition) is 2. The highest BCUT2D eigenvalue weighted by Crippen LogP contribution is 2.02. The van der Waals surface area contributed by atoms with Crippen LogP contribution in [0.25, 0.3) is 6.08 Å². The maximum Gasteiger partial charge on any atom is 0.342 e. The molecule has 1 rings (SSSR count). The van der Waals surface area contributed by atoms with E-state index in [1.54, 1.807) is 0 Å². The second-order valence-corrected chi connectivity index (χ2v) is 3.99. The SMILES string of the molecule is C=Cc1ccccc1.CCCCC=C(C(=O)O)C(=O)O. The highest BCUT2D eigenvalue weighted by molar-refractivity contribution is 6.12. The van der Waals surface area contributed by atoms with Gasteiger partial charge >= 0.3 is 11.9 Å². The van der Waals surface area contributed by atoms with Crippen LogP contribution >= 0.6 is 0 Å². The molecule has 0 bridgehead atoms. The van der Waals surface area contributed by atoms with Gasteiger partial charge in [0.05, 0.1) is 0 Å². The van der Waals surface area contributed by atoms with E-state index in [9.17, 15) is 9.59 Å². The summed E-state index contributed by atoms with van der Waals surface area (Å²) in [6.45, 7) is 5.58. The Morgan fingerprint density at radius 1 is 1.15 bits per heavy atom. The lowest BCUT2D eigenvalue weighted by Gasteiger charge is -1.94. The van der Waals surface area contributed by atoms with Crippen LogP contribution in [0.4, 0.5) is 0 Å². The minimum Gasteiger partial charge on any atom is -0.477 e. The molecular formula is C16H20O4. The van der Waals surface area contributed by atoms with Crippen molar-refractivity contribution < 1.29 is 19.8 Å². The summed E-state index contributed by atoms with van der Waals surface area (Å²) in [6, 6.07) is 10.0. The fraction of sp³-hybridized carbons (Fsp3) is 0.250. The van der Waals surface area contributed by atoms with Gasteiger partial charge in [-0.25, -0.2) is 9.59 Å². The molecule has 2 N–H and O–H groups in total. The normalized spacial score (nSPS) is 8.85. The van der Waals surface area contributed by atoms with Crippen molar-refractivity contribution in [1.29, 1.82) is 0 Å². The zero-order valence-corrected chi connectivity index (χ0v) is 11.6. The minimum atomic E-state index is -1.38. The lowest BCUT2D eigenvalue weighted by Crippen LogP contribution is -2.10. The van der Waals surface area contributed by atoms with Gasteiger partial charge in [0.25, 0.3) is 0 Å². The highest BCUT2D eigenvalue weighted by Gasteiger charge is 2.14. The first-order valence-corrected chi connectivity index (χ1v) is 6.37. The van der Waals surface area contributed by atoms with Gasteiger partial charge in [-0.15, -0.1) is 0 Å². The van der Waals surface area contributed by atoms with Gasteiger partial charge in [0, 0.05) is 0 Å². The number of carbonyl (C=O) groups is 2. The van der Waals surface area contributed by atoms with E-state index in [0.29, 0.717) is 6.42 Å². The minimum absolute atomic E-state index is 0.504. The predicted octanol–water partition coefficient (Wildman–Crippen LogP) is 3.60. The van der Waals surface area contributed by atoms with Crippen molar-refractivity contribution in [1.82, 2.24) is 0 Å². The van der Waals surface area contributed by atoms with Crippen LogP contribution in [0.3, 0.4) is 0 Å². The van der Waals surface area contributed by atoms with E-state index in [-0.39, 0.29) is 0 Å². The number of aliphatic carboxylic acids is 2. The van der Waals surface area contributed by atoms with Crippen molar-refractivity contribution in [2.24, 2.45) is 0 Å². The lowest BCUT2D eigenvalue weighted by molar-refractivity contribution is -0.140. The molecule has 108 valence electrons. The summed E-state index contributed by atoms with van der Waals surface area (Å²) in [5.41, 5.74) is 0.635. The smallest absolute Gasteiger partial charge is 0.342 e. The van der Waals surface area contributed by atoms with E-state index in [1.807, 2.05) is 43.3 Å². The van der Waals surface area contributed by atoms with Gasteiger partial charge in [0.1, 0.15) is 5.57 Å². The van der Waals surface area contributed by atoms with Crippen LogP contribution < -0.4 is 0 Å². The Hall–Kier alpha value is -2.36. The average Bonchev–Trinajstić information content (AvgIpc) is 2.44. The van der Waals surface area contributed by atoms with Crippen LogP contribution in [0.1, 0.15) is 31.7 Å². The van der Waals surface area contributed by atoms with Crippen molar-refractivity contribution in [2.75, 3.05) is 0 Å². The summed E-state index contributed by atoms with van der Waals surface area (Å²) in [4.78, 5) is 20.6. The van der Waals surface area contributed by atoms with Crippen LogP contribution in [-0.2, 0) is 9.59 Å². The molecule has 0 amide bonds. The Kier molecular flexibility index (Phi) is 9.31. The van der Waals surface area contributed by atoms with Crippen LogP contribution in [-0.4, -0.2) is 22.2 Å². The number of rotatable bonds is 6. The zero-order valence-electron chi connectivity index (χ0n) is 11.6. The molecule has 0 fully saturated rings. The fourth-order valence-corrected chi connectivity index (χ4v) is 1.31. The predicted molar refractivity (Wildman–Crippen MR) is 79.4 cm³/mol.